The SMILES string of the molecule is CC.COc1ccc(Oc2ccc(C(=N)c3c(N)ncnc3NC3CCCNC3)cc2)cc1OC. The van der Waals surface area contributed by atoms with Crippen molar-refractivity contribution in [2.45, 2.75) is 32.7 Å². The molecule has 0 amide bonds. The van der Waals surface area contributed by atoms with Crippen LogP contribution in [0.15, 0.2) is 48.8 Å². The Labute approximate surface area is 206 Å². The van der Waals surface area contributed by atoms with Gasteiger partial charge in [-0.2, -0.15) is 0 Å². The van der Waals surface area contributed by atoms with Crippen molar-refractivity contribution >= 4 is 17.3 Å². The number of piperidine rings is 1. The van der Waals surface area contributed by atoms with Crippen LogP contribution < -0.4 is 30.6 Å². The number of methoxy groups -OCH3 is 2. The molecule has 4 rings (SSSR count). The maximum Gasteiger partial charge on any atom is 0.164 e. The molecule has 1 aliphatic heterocycles. The number of hydrogen-bond donors (Lipinski definition) is 4. The van der Waals surface area contributed by atoms with Gasteiger partial charge in [-0.3, -0.25) is 5.41 Å². The minimum atomic E-state index is 0.233. The zero-order valence-electron chi connectivity index (χ0n) is 20.7. The fourth-order valence-electron chi connectivity index (χ4n) is 3.77. The van der Waals surface area contributed by atoms with Crippen molar-refractivity contribution in [2.24, 2.45) is 0 Å². The highest BCUT2D eigenvalue weighted by Gasteiger charge is 2.20. The molecular weight excluding hydrogens is 444 g/mol. The molecule has 1 saturated heterocycles. The quantitative estimate of drug-likeness (QED) is 0.349. The number of nitrogens with one attached hydrogen (secondary N) is 3. The first-order valence-electron chi connectivity index (χ1n) is 11.8. The lowest BCUT2D eigenvalue weighted by molar-refractivity contribution is 0.352. The van der Waals surface area contributed by atoms with Gasteiger partial charge in [-0.25, -0.2) is 9.97 Å². The van der Waals surface area contributed by atoms with Gasteiger partial charge in [0.2, 0.25) is 0 Å². The van der Waals surface area contributed by atoms with Crippen molar-refractivity contribution in [3.05, 3.63) is 59.9 Å². The zero-order valence-corrected chi connectivity index (χ0v) is 20.7. The summed E-state index contributed by atoms with van der Waals surface area (Å²) in [6.07, 6.45) is 3.54. The summed E-state index contributed by atoms with van der Waals surface area (Å²) in [5.41, 5.74) is 7.58. The van der Waals surface area contributed by atoms with E-state index in [1.807, 2.05) is 26.0 Å². The molecule has 1 unspecified atom stereocenters. The Morgan fingerprint density at radius 2 is 1.74 bits per heavy atom. The van der Waals surface area contributed by atoms with E-state index in [-0.39, 0.29) is 17.6 Å². The van der Waals surface area contributed by atoms with Gasteiger partial charge < -0.3 is 30.6 Å². The summed E-state index contributed by atoms with van der Waals surface area (Å²) in [5, 5.41) is 15.6. The second-order valence-electron chi connectivity index (χ2n) is 7.69. The van der Waals surface area contributed by atoms with Crippen LogP contribution in [0, 0.1) is 5.41 Å². The Morgan fingerprint density at radius 3 is 2.40 bits per heavy atom. The van der Waals surface area contributed by atoms with E-state index in [1.54, 1.807) is 44.6 Å². The number of ether oxygens (including phenoxy) is 3. The molecule has 9 nitrogen and oxygen atoms in total. The fourth-order valence-corrected chi connectivity index (χ4v) is 3.77. The Hall–Kier alpha value is -3.85. The number of nitrogen functional groups attached to an aromatic ring is 1. The first-order chi connectivity index (χ1) is 17.1. The highest BCUT2D eigenvalue weighted by Crippen LogP contribution is 2.33. The van der Waals surface area contributed by atoms with E-state index in [2.05, 4.69) is 20.6 Å². The highest BCUT2D eigenvalue weighted by atomic mass is 16.5. The van der Waals surface area contributed by atoms with Gasteiger partial charge >= 0.3 is 0 Å². The van der Waals surface area contributed by atoms with E-state index in [0.29, 0.717) is 39.9 Å². The average Bonchev–Trinajstić information content (AvgIpc) is 2.90. The molecule has 0 spiro atoms. The molecule has 5 N–H and O–H groups in total. The van der Waals surface area contributed by atoms with Crippen LogP contribution in [0.25, 0.3) is 0 Å². The standard InChI is InChI=1S/C24H28N6O3.C2H6/c1-31-19-10-9-18(12-20(19)32-2)33-17-7-5-15(6-8-17)22(25)21-23(26)28-14-29-24(21)30-16-4-3-11-27-13-16;1-2/h5-10,12,14,16,25,27H,3-4,11,13H2,1-2H3,(H3,26,28,29,30);1-2H3. The second-order valence-corrected chi connectivity index (χ2v) is 7.69. The second kappa shape index (κ2) is 12.6. The number of anilines is 2. The average molecular weight is 479 g/mol. The molecule has 1 atom stereocenters. The summed E-state index contributed by atoms with van der Waals surface area (Å²) in [6.45, 7) is 5.86. The minimum Gasteiger partial charge on any atom is -0.493 e. The number of nitrogens with zero attached hydrogens (tertiary/aromatic N) is 2. The third-order valence-electron chi connectivity index (χ3n) is 5.50. The van der Waals surface area contributed by atoms with Crippen LogP contribution in [-0.2, 0) is 0 Å². The van der Waals surface area contributed by atoms with Gasteiger partial charge in [0.15, 0.2) is 11.5 Å². The summed E-state index contributed by atoms with van der Waals surface area (Å²) in [7, 11) is 3.17. The number of nitrogens with two attached hydrogens (primary N) is 1. The molecule has 3 aromatic rings. The van der Waals surface area contributed by atoms with Gasteiger partial charge in [0.05, 0.1) is 25.5 Å². The van der Waals surface area contributed by atoms with Crippen LogP contribution in [0.5, 0.6) is 23.0 Å². The summed E-state index contributed by atoms with van der Waals surface area (Å²) in [4.78, 5) is 8.47. The van der Waals surface area contributed by atoms with E-state index < -0.39 is 0 Å². The molecule has 1 fully saturated rings. The molecule has 0 bridgehead atoms. The van der Waals surface area contributed by atoms with Crippen LogP contribution in [0.2, 0.25) is 0 Å². The topological polar surface area (TPSA) is 127 Å². The van der Waals surface area contributed by atoms with E-state index in [0.717, 1.165) is 25.9 Å². The van der Waals surface area contributed by atoms with Crippen LogP contribution >= 0.6 is 0 Å². The Kier molecular flexibility index (Phi) is 9.25. The smallest absolute Gasteiger partial charge is 0.164 e. The molecule has 186 valence electrons. The first kappa shape index (κ1) is 25.8. The predicted octanol–water partition coefficient (Wildman–Crippen LogP) is 4.47. The van der Waals surface area contributed by atoms with Crippen LogP contribution in [0.1, 0.15) is 37.8 Å². The summed E-state index contributed by atoms with van der Waals surface area (Å²) < 4.78 is 16.5. The fraction of sp³-hybridized carbons (Fsp3) is 0.346. The van der Waals surface area contributed by atoms with Crippen LogP contribution in [0.3, 0.4) is 0 Å². The maximum atomic E-state index is 8.77. The first-order valence-corrected chi connectivity index (χ1v) is 11.8. The van der Waals surface area contributed by atoms with E-state index in [1.165, 1.54) is 6.33 Å². The van der Waals surface area contributed by atoms with Gasteiger partial charge in [-0.15, -0.1) is 0 Å². The van der Waals surface area contributed by atoms with Crippen molar-refractivity contribution in [1.82, 2.24) is 15.3 Å². The molecule has 1 aromatic heterocycles. The van der Waals surface area contributed by atoms with Crippen molar-refractivity contribution < 1.29 is 14.2 Å². The molecule has 0 aliphatic carbocycles. The molecule has 0 radical (unpaired) electrons. The summed E-state index contributed by atoms with van der Waals surface area (Å²) >= 11 is 0. The lowest BCUT2D eigenvalue weighted by Gasteiger charge is -2.25. The number of hydrogen-bond acceptors (Lipinski definition) is 9. The number of aromatic nitrogens is 2. The summed E-state index contributed by atoms with van der Waals surface area (Å²) in [6, 6.07) is 12.8. The molecule has 9 heteroatoms. The van der Waals surface area contributed by atoms with Crippen molar-refractivity contribution in [2.75, 3.05) is 38.4 Å². The molecular formula is C26H34N6O3. The van der Waals surface area contributed by atoms with Crippen LogP contribution in [-0.4, -0.2) is 49.0 Å². The third-order valence-corrected chi connectivity index (χ3v) is 5.50. The van der Waals surface area contributed by atoms with Crippen molar-refractivity contribution in [1.29, 1.82) is 5.41 Å². The number of benzene rings is 2. The lowest BCUT2D eigenvalue weighted by atomic mass is 10.0. The molecule has 35 heavy (non-hydrogen) atoms. The monoisotopic (exact) mass is 478 g/mol. The zero-order chi connectivity index (χ0) is 25.2. The highest BCUT2D eigenvalue weighted by molar-refractivity contribution is 6.16. The molecule has 2 heterocycles. The normalized spacial score (nSPS) is 14.8. The Morgan fingerprint density at radius 1 is 1.03 bits per heavy atom. The van der Waals surface area contributed by atoms with Gasteiger partial charge in [-0.1, -0.05) is 13.8 Å². The van der Waals surface area contributed by atoms with Gasteiger partial charge in [0.1, 0.15) is 29.5 Å². The lowest BCUT2D eigenvalue weighted by Crippen LogP contribution is -2.39. The van der Waals surface area contributed by atoms with Crippen molar-refractivity contribution in [3.8, 4) is 23.0 Å². The van der Waals surface area contributed by atoms with Gasteiger partial charge in [-0.05, 0) is 55.8 Å². The van der Waals surface area contributed by atoms with Gasteiger partial charge in [0.25, 0.3) is 0 Å². The number of rotatable bonds is 8. The van der Waals surface area contributed by atoms with Gasteiger partial charge in [0, 0.05) is 24.2 Å². The summed E-state index contributed by atoms with van der Waals surface area (Å²) in [5.74, 6) is 3.30. The van der Waals surface area contributed by atoms with E-state index in [9.17, 15) is 0 Å². The van der Waals surface area contributed by atoms with Crippen LogP contribution in [0.4, 0.5) is 11.6 Å². The van der Waals surface area contributed by atoms with E-state index >= 15 is 0 Å². The molecule has 0 saturated carbocycles. The molecule has 1 aliphatic rings. The van der Waals surface area contributed by atoms with Crippen molar-refractivity contribution in [3.63, 3.8) is 0 Å². The Bertz CT molecular complexity index is 1110. The third kappa shape index (κ3) is 6.39. The van der Waals surface area contributed by atoms with E-state index in [4.69, 9.17) is 25.4 Å². The minimum absolute atomic E-state index is 0.233. The largest absolute Gasteiger partial charge is 0.493 e. The maximum absolute atomic E-state index is 8.77. The Balaban J connectivity index is 0.00000167. The predicted molar refractivity (Wildman–Crippen MR) is 139 cm³/mol. The molecule has 2 aromatic carbocycles.